The fourth-order valence-corrected chi connectivity index (χ4v) is 5.65. The van der Waals surface area contributed by atoms with Crippen molar-refractivity contribution in [2.24, 2.45) is 0 Å². The Kier molecular flexibility index (Phi) is 7.49. The van der Waals surface area contributed by atoms with Crippen LogP contribution < -0.4 is 5.32 Å². The van der Waals surface area contributed by atoms with Crippen molar-refractivity contribution in [2.45, 2.75) is 30.2 Å². The van der Waals surface area contributed by atoms with Gasteiger partial charge in [-0.1, -0.05) is 30.3 Å². The summed E-state index contributed by atoms with van der Waals surface area (Å²) in [5.41, 5.74) is 4.45. The molecule has 1 aliphatic carbocycles. The summed E-state index contributed by atoms with van der Waals surface area (Å²) in [6, 6.07) is 17.3. The first kappa shape index (κ1) is 27.2. The number of hydrogen-bond acceptors (Lipinski definition) is 5. The molecule has 0 fully saturated rings. The lowest BCUT2D eigenvalue weighted by Gasteiger charge is -2.22. The van der Waals surface area contributed by atoms with Gasteiger partial charge >= 0.3 is 0 Å². The largest absolute Gasteiger partial charge is 0.508 e. The van der Waals surface area contributed by atoms with Gasteiger partial charge < -0.3 is 10.4 Å². The first-order valence-electron chi connectivity index (χ1n) is 12.6. The predicted octanol–water partition coefficient (Wildman–Crippen LogP) is 5.57. The molecule has 204 valence electrons. The van der Waals surface area contributed by atoms with Crippen molar-refractivity contribution >= 4 is 21.3 Å². The fourth-order valence-electron chi connectivity index (χ4n) is 4.98. The summed E-state index contributed by atoms with van der Waals surface area (Å²) in [7, 11) is -3.48. The maximum absolute atomic E-state index is 14.1. The highest BCUT2D eigenvalue weighted by molar-refractivity contribution is 7.90. The first-order chi connectivity index (χ1) is 19.1. The molecule has 2 N–H and O–H groups in total. The summed E-state index contributed by atoms with van der Waals surface area (Å²) >= 11 is 0. The Hall–Kier alpha value is -4.37. The number of halogens is 2. The maximum Gasteiger partial charge on any atom is 0.224 e. The van der Waals surface area contributed by atoms with Crippen LogP contribution in [-0.4, -0.2) is 30.7 Å². The van der Waals surface area contributed by atoms with E-state index in [4.69, 9.17) is 0 Å². The van der Waals surface area contributed by atoms with Crippen LogP contribution in [0.5, 0.6) is 5.75 Å². The smallest absolute Gasteiger partial charge is 0.224 e. The number of nitrogens with zero attached hydrogens (tertiary/aromatic N) is 1. The lowest BCUT2D eigenvalue weighted by atomic mass is 9.95. The molecule has 0 saturated heterocycles. The Labute approximate surface area is 231 Å². The molecule has 0 spiro atoms. The molecule has 40 heavy (non-hydrogen) atoms. The van der Waals surface area contributed by atoms with Gasteiger partial charge in [0.1, 0.15) is 17.4 Å². The number of benzene rings is 3. The molecule has 1 aromatic heterocycles. The molecule has 9 heteroatoms. The van der Waals surface area contributed by atoms with E-state index in [0.29, 0.717) is 28.8 Å². The number of sulfone groups is 1. The standard InChI is InChI=1S/C31H26F2N2O4S/c1-40(38,39)26-5-2-4-21(15-26)27-6-3-11-34-31(27)29(14-19-12-23(32)17-24(33)13-19)35-30(37)16-22-8-7-20-9-10-25(36)18-28(20)22/h2-6,8-13,15,17-18,29,36H,7,14,16H2,1H3,(H,35,37)/t29-/m0/s1. The number of rotatable bonds is 8. The van der Waals surface area contributed by atoms with Crippen LogP contribution in [0.25, 0.3) is 16.7 Å². The number of fused-ring (bicyclic) bond motifs is 1. The van der Waals surface area contributed by atoms with Gasteiger partial charge in [-0.2, -0.15) is 0 Å². The second-order valence-corrected chi connectivity index (χ2v) is 11.8. The molecule has 1 aliphatic rings. The van der Waals surface area contributed by atoms with E-state index in [1.165, 1.54) is 24.3 Å². The summed E-state index contributed by atoms with van der Waals surface area (Å²) in [5.74, 6) is -1.72. The molecule has 0 bridgehead atoms. The lowest BCUT2D eigenvalue weighted by Crippen LogP contribution is -2.31. The van der Waals surface area contributed by atoms with Gasteiger partial charge in [0.05, 0.1) is 23.1 Å². The van der Waals surface area contributed by atoms with E-state index in [9.17, 15) is 27.1 Å². The quantitative estimate of drug-likeness (QED) is 0.294. The van der Waals surface area contributed by atoms with Gasteiger partial charge in [0.15, 0.2) is 9.84 Å². The molecule has 0 aliphatic heterocycles. The average molecular weight is 561 g/mol. The molecule has 1 atom stereocenters. The zero-order valence-electron chi connectivity index (χ0n) is 21.6. The van der Waals surface area contributed by atoms with Gasteiger partial charge in [0.2, 0.25) is 5.91 Å². The van der Waals surface area contributed by atoms with Crippen molar-refractivity contribution in [1.82, 2.24) is 10.3 Å². The van der Waals surface area contributed by atoms with E-state index in [1.807, 2.05) is 12.1 Å². The highest BCUT2D eigenvalue weighted by Gasteiger charge is 2.24. The third-order valence-corrected chi connectivity index (χ3v) is 7.91. The monoisotopic (exact) mass is 560 g/mol. The van der Waals surface area contributed by atoms with Crippen LogP contribution in [-0.2, 0) is 27.5 Å². The average Bonchev–Trinajstić information content (AvgIpc) is 3.28. The Morgan fingerprint density at radius 2 is 1.77 bits per heavy atom. The molecule has 0 unspecified atom stereocenters. The van der Waals surface area contributed by atoms with Crippen LogP contribution in [0.2, 0.25) is 0 Å². The Morgan fingerprint density at radius 3 is 2.52 bits per heavy atom. The van der Waals surface area contributed by atoms with Gasteiger partial charge in [-0.3, -0.25) is 9.78 Å². The Morgan fingerprint density at radius 1 is 1.00 bits per heavy atom. The van der Waals surface area contributed by atoms with Crippen LogP contribution in [0, 0.1) is 11.6 Å². The summed E-state index contributed by atoms with van der Waals surface area (Å²) in [6.45, 7) is 0. The molecule has 1 amide bonds. The molecule has 4 aromatic rings. The van der Waals surface area contributed by atoms with Crippen LogP contribution in [0.15, 0.2) is 90.0 Å². The van der Waals surface area contributed by atoms with Crippen LogP contribution >= 0.6 is 0 Å². The van der Waals surface area contributed by atoms with Gasteiger partial charge in [-0.15, -0.1) is 0 Å². The third kappa shape index (κ3) is 6.10. The topological polar surface area (TPSA) is 96.4 Å². The van der Waals surface area contributed by atoms with Gasteiger partial charge in [0.25, 0.3) is 0 Å². The number of allylic oxidation sites excluding steroid dienone is 1. The van der Waals surface area contributed by atoms with Crippen molar-refractivity contribution in [2.75, 3.05) is 6.26 Å². The first-order valence-corrected chi connectivity index (χ1v) is 14.5. The van der Waals surface area contributed by atoms with Crippen LogP contribution in [0.3, 0.4) is 0 Å². The minimum Gasteiger partial charge on any atom is -0.508 e. The summed E-state index contributed by atoms with van der Waals surface area (Å²) in [6.07, 6.45) is 5.30. The molecular weight excluding hydrogens is 534 g/mol. The number of carbonyl (C=O) groups excluding carboxylic acids is 1. The van der Waals surface area contributed by atoms with Crippen molar-refractivity contribution in [3.8, 4) is 16.9 Å². The molecule has 1 heterocycles. The number of phenolic OH excluding ortho intramolecular Hbond substituents is 1. The van der Waals surface area contributed by atoms with E-state index in [0.717, 1.165) is 29.0 Å². The van der Waals surface area contributed by atoms with Crippen molar-refractivity contribution in [1.29, 1.82) is 0 Å². The van der Waals surface area contributed by atoms with Gasteiger partial charge in [0, 0.05) is 24.1 Å². The number of pyridine rings is 1. The maximum atomic E-state index is 14.1. The minimum absolute atomic E-state index is 0.0240. The number of carbonyl (C=O) groups is 1. The summed E-state index contributed by atoms with van der Waals surface area (Å²) in [4.78, 5) is 18.0. The Balaban J connectivity index is 1.51. The number of aromatic nitrogens is 1. The molecule has 5 rings (SSSR count). The minimum atomic E-state index is -3.48. The third-order valence-electron chi connectivity index (χ3n) is 6.80. The van der Waals surface area contributed by atoms with Crippen molar-refractivity contribution < 1.29 is 27.1 Å². The zero-order chi connectivity index (χ0) is 28.4. The number of nitrogens with one attached hydrogen (secondary N) is 1. The van der Waals surface area contributed by atoms with E-state index in [1.54, 1.807) is 42.6 Å². The van der Waals surface area contributed by atoms with E-state index in [-0.39, 0.29) is 29.4 Å². The molecule has 6 nitrogen and oxygen atoms in total. The zero-order valence-corrected chi connectivity index (χ0v) is 22.4. The van der Waals surface area contributed by atoms with Crippen LogP contribution in [0.1, 0.15) is 34.8 Å². The van der Waals surface area contributed by atoms with E-state index >= 15 is 0 Å². The molecular formula is C31H26F2N2O4S. The number of aromatic hydroxyl groups is 1. The molecule has 0 radical (unpaired) electrons. The molecule has 0 saturated carbocycles. The SMILES string of the molecule is CS(=O)(=O)c1cccc(-c2cccnc2[C@H](Cc2cc(F)cc(F)c2)NC(=O)CC2=CCc3ccc(O)cc32)c1. The second kappa shape index (κ2) is 11.0. The van der Waals surface area contributed by atoms with Crippen LogP contribution in [0.4, 0.5) is 8.78 Å². The lowest BCUT2D eigenvalue weighted by molar-refractivity contribution is -0.120. The summed E-state index contributed by atoms with van der Waals surface area (Å²) in [5, 5.41) is 12.9. The highest BCUT2D eigenvalue weighted by Crippen LogP contribution is 2.34. The van der Waals surface area contributed by atoms with Gasteiger partial charge in [-0.05, 0) is 83.1 Å². The normalized spacial score (nSPS) is 13.4. The van der Waals surface area contributed by atoms with Gasteiger partial charge in [-0.25, -0.2) is 17.2 Å². The number of amides is 1. The number of phenols is 1. The molecule has 3 aromatic carbocycles. The number of hydrogen-bond donors (Lipinski definition) is 2. The van der Waals surface area contributed by atoms with Crippen molar-refractivity contribution in [3.63, 3.8) is 0 Å². The Bertz CT molecular complexity index is 1730. The second-order valence-electron chi connectivity index (χ2n) is 9.79. The highest BCUT2D eigenvalue weighted by atomic mass is 32.2. The van der Waals surface area contributed by atoms with E-state index < -0.39 is 27.5 Å². The fraction of sp³-hybridized carbons (Fsp3) is 0.161. The summed E-state index contributed by atoms with van der Waals surface area (Å²) < 4.78 is 52.5. The predicted molar refractivity (Wildman–Crippen MR) is 148 cm³/mol. The van der Waals surface area contributed by atoms with Crippen molar-refractivity contribution in [3.05, 3.63) is 119 Å². The van der Waals surface area contributed by atoms with E-state index in [2.05, 4.69) is 10.3 Å².